The van der Waals surface area contributed by atoms with Gasteiger partial charge < -0.3 is 11.1 Å². The maximum atomic E-state index is 13.2. The van der Waals surface area contributed by atoms with Gasteiger partial charge >= 0.3 is 0 Å². The van der Waals surface area contributed by atoms with Crippen LogP contribution in [0.3, 0.4) is 0 Å². The zero-order valence-electron chi connectivity index (χ0n) is 14.1. The van der Waals surface area contributed by atoms with Gasteiger partial charge in [0.15, 0.2) is 0 Å². The summed E-state index contributed by atoms with van der Waals surface area (Å²) in [5, 5.41) is 3.58. The summed E-state index contributed by atoms with van der Waals surface area (Å²) in [7, 11) is 0. The molecule has 0 aliphatic heterocycles. The van der Waals surface area contributed by atoms with E-state index in [1.165, 1.54) is 17.7 Å². The molecule has 1 saturated carbocycles. The summed E-state index contributed by atoms with van der Waals surface area (Å²) in [5.41, 5.74) is 8.81. The lowest BCUT2D eigenvalue weighted by Crippen LogP contribution is -2.34. The summed E-state index contributed by atoms with van der Waals surface area (Å²) in [5.74, 6) is 1.54. The lowest BCUT2D eigenvalue weighted by molar-refractivity contribution is 0.478. The van der Waals surface area contributed by atoms with Gasteiger partial charge in [0.25, 0.3) is 0 Å². The molecule has 2 nitrogen and oxygen atoms in total. The van der Waals surface area contributed by atoms with Crippen molar-refractivity contribution in [2.24, 2.45) is 5.73 Å². The molecule has 2 aromatic carbocycles. The molecule has 4 heteroatoms. The first-order valence-corrected chi connectivity index (χ1v) is 8.53. The van der Waals surface area contributed by atoms with E-state index in [-0.39, 0.29) is 11.6 Å². The van der Waals surface area contributed by atoms with Crippen LogP contribution in [0.4, 0.5) is 8.78 Å². The Morgan fingerprint density at radius 1 is 1.16 bits per heavy atom. The number of hydrogen-bond donors (Lipinski definition) is 2. The lowest BCUT2D eigenvalue weighted by Gasteiger charge is -2.20. The number of benzene rings is 2. The smallest absolute Gasteiger partial charge is 0.126 e. The van der Waals surface area contributed by atoms with Crippen LogP contribution in [-0.4, -0.2) is 12.6 Å². The van der Waals surface area contributed by atoms with Gasteiger partial charge in [-0.25, -0.2) is 8.78 Å². The van der Waals surface area contributed by atoms with Gasteiger partial charge in [-0.05, 0) is 67.6 Å². The van der Waals surface area contributed by atoms with Crippen molar-refractivity contribution in [1.29, 1.82) is 0 Å². The third-order valence-electron chi connectivity index (χ3n) is 4.73. The maximum absolute atomic E-state index is 13.2. The molecule has 0 amide bonds. The molecule has 0 radical (unpaired) electrons. The van der Waals surface area contributed by atoms with Gasteiger partial charge in [0, 0.05) is 23.2 Å². The molecule has 0 unspecified atom stereocenters. The minimum atomic E-state index is -0.564. The van der Waals surface area contributed by atoms with Crippen molar-refractivity contribution in [2.75, 3.05) is 6.54 Å². The van der Waals surface area contributed by atoms with Crippen molar-refractivity contribution >= 4 is 0 Å². The molecule has 3 N–H and O–H groups in total. The first-order chi connectivity index (χ1) is 12.0. The van der Waals surface area contributed by atoms with Crippen molar-refractivity contribution < 1.29 is 8.78 Å². The number of hydrogen-bond acceptors (Lipinski definition) is 2. The molecule has 130 valence electrons. The third-order valence-corrected chi connectivity index (χ3v) is 4.73. The molecule has 25 heavy (non-hydrogen) atoms. The van der Waals surface area contributed by atoms with Crippen molar-refractivity contribution in [3.63, 3.8) is 0 Å². The quantitative estimate of drug-likeness (QED) is 0.757. The second-order valence-corrected chi connectivity index (χ2v) is 6.76. The standard InChI is InChI=1S/C21H22F2N2/c1-2-15-4-3-5-17(10-15)21(7-8-21)25-9-6-20(24)13-16-11-18(22)14-19(23)12-16/h1,3-5,10-12,14,20,25H,6-9,13,24H2/t20-/m1/s1. The van der Waals surface area contributed by atoms with E-state index in [4.69, 9.17) is 12.2 Å². The number of nitrogens with one attached hydrogen (secondary N) is 1. The monoisotopic (exact) mass is 340 g/mol. The van der Waals surface area contributed by atoms with E-state index in [0.717, 1.165) is 37.4 Å². The highest BCUT2D eigenvalue weighted by molar-refractivity contribution is 5.40. The Kier molecular flexibility index (Phi) is 5.17. The van der Waals surface area contributed by atoms with Crippen LogP contribution in [0, 0.1) is 24.0 Å². The Morgan fingerprint density at radius 3 is 2.52 bits per heavy atom. The Hall–Kier alpha value is -2.22. The fourth-order valence-corrected chi connectivity index (χ4v) is 3.23. The van der Waals surface area contributed by atoms with Crippen LogP contribution < -0.4 is 11.1 Å². The van der Waals surface area contributed by atoms with E-state index in [1.807, 2.05) is 12.1 Å². The second-order valence-electron chi connectivity index (χ2n) is 6.76. The first-order valence-electron chi connectivity index (χ1n) is 8.53. The predicted octanol–water partition coefficient (Wildman–Crippen LogP) is 3.48. The Balaban J connectivity index is 1.53. The molecule has 1 atom stereocenters. The van der Waals surface area contributed by atoms with E-state index in [0.29, 0.717) is 12.0 Å². The maximum Gasteiger partial charge on any atom is 0.126 e. The Labute approximate surface area is 147 Å². The molecule has 0 saturated heterocycles. The molecule has 3 rings (SSSR count). The van der Waals surface area contributed by atoms with Crippen LogP contribution in [0.1, 0.15) is 36.0 Å². The fraction of sp³-hybridized carbons (Fsp3) is 0.333. The third kappa shape index (κ3) is 4.45. The average Bonchev–Trinajstić information content (AvgIpc) is 3.35. The summed E-state index contributed by atoms with van der Waals surface area (Å²) in [4.78, 5) is 0. The van der Waals surface area contributed by atoms with Crippen molar-refractivity contribution in [2.45, 2.75) is 37.3 Å². The minimum Gasteiger partial charge on any atom is -0.327 e. The van der Waals surface area contributed by atoms with Crippen LogP contribution in [0.15, 0.2) is 42.5 Å². The molecule has 0 spiro atoms. The van der Waals surface area contributed by atoms with Crippen molar-refractivity contribution in [3.8, 4) is 12.3 Å². The van der Waals surface area contributed by atoms with Gasteiger partial charge in [-0.2, -0.15) is 0 Å². The number of terminal acetylenes is 1. The lowest BCUT2D eigenvalue weighted by atomic mass is 10.0. The van der Waals surface area contributed by atoms with Gasteiger partial charge in [-0.15, -0.1) is 6.42 Å². The van der Waals surface area contributed by atoms with Crippen molar-refractivity contribution in [3.05, 3.63) is 70.8 Å². The molecule has 0 heterocycles. The van der Waals surface area contributed by atoms with Gasteiger partial charge in [0.2, 0.25) is 0 Å². The summed E-state index contributed by atoms with van der Waals surface area (Å²) >= 11 is 0. The normalized spacial score (nSPS) is 16.2. The van der Waals surface area contributed by atoms with E-state index < -0.39 is 11.6 Å². The number of nitrogens with two attached hydrogens (primary N) is 1. The van der Waals surface area contributed by atoms with Crippen LogP contribution >= 0.6 is 0 Å². The van der Waals surface area contributed by atoms with Crippen LogP contribution in [-0.2, 0) is 12.0 Å². The zero-order chi connectivity index (χ0) is 17.9. The topological polar surface area (TPSA) is 38.0 Å². The predicted molar refractivity (Wildman–Crippen MR) is 95.9 cm³/mol. The summed E-state index contributed by atoms with van der Waals surface area (Å²) in [6, 6.07) is 11.4. The van der Waals surface area contributed by atoms with E-state index in [2.05, 4.69) is 23.4 Å². The van der Waals surface area contributed by atoms with Gasteiger partial charge in [0.05, 0.1) is 0 Å². The number of rotatable bonds is 7. The molecule has 0 bridgehead atoms. The first kappa shape index (κ1) is 17.6. The van der Waals surface area contributed by atoms with Crippen LogP contribution in [0.25, 0.3) is 0 Å². The molecular formula is C21H22F2N2. The number of halogens is 2. The molecule has 1 fully saturated rings. The van der Waals surface area contributed by atoms with Gasteiger partial charge in [0.1, 0.15) is 11.6 Å². The van der Waals surface area contributed by atoms with Crippen LogP contribution in [0.2, 0.25) is 0 Å². The fourth-order valence-electron chi connectivity index (χ4n) is 3.23. The zero-order valence-corrected chi connectivity index (χ0v) is 14.1. The average molecular weight is 340 g/mol. The second kappa shape index (κ2) is 7.35. The molecule has 0 aromatic heterocycles. The van der Waals surface area contributed by atoms with E-state index >= 15 is 0 Å². The molecular weight excluding hydrogens is 318 g/mol. The highest BCUT2D eigenvalue weighted by Crippen LogP contribution is 2.45. The highest BCUT2D eigenvalue weighted by Gasteiger charge is 2.43. The highest BCUT2D eigenvalue weighted by atomic mass is 19.1. The SMILES string of the molecule is C#Cc1cccc(C2(NCC[C@@H](N)Cc3cc(F)cc(F)c3)CC2)c1. The van der Waals surface area contributed by atoms with E-state index in [9.17, 15) is 8.78 Å². The largest absolute Gasteiger partial charge is 0.327 e. The minimum absolute atomic E-state index is 0.00244. The van der Waals surface area contributed by atoms with Gasteiger partial charge in [-0.3, -0.25) is 0 Å². The molecule has 1 aliphatic rings. The summed E-state index contributed by atoms with van der Waals surface area (Å²) in [6.07, 6.45) is 8.81. The Morgan fingerprint density at radius 2 is 1.88 bits per heavy atom. The van der Waals surface area contributed by atoms with E-state index in [1.54, 1.807) is 0 Å². The summed E-state index contributed by atoms with van der Waals surface area (Å²) in [6.45, 7) is 0.749. The van der Waals surface area contributed by atoms with Crippen molar-refractivity contribution in [1.82, 2.24) is 5.32 Å². The molecule has 1 aliphatic carbocycles. The summed E-state index contributed by atoms with van der Waals surface area (Å²) < 4.78 is 26.5. The Bertz CT molecular complexity index is 770. The van der Waals surface area contributed by atoms with Crippen LogP contribution in [0.5, 0.6) is 0 Å². The van der Waals surface area contributed by atoms with Gasteiger partial charge in [-0.1, -0.05) is 18.1 Å². The molecule has 2 aromatic rings.